The van der Waals surface area contributed by atoms with Crippen LogP contribution in [0.15, 0.2) is 30.3 Å². The first kappa shape index (κ1) is 23.4. The van der Waals surface area contributed by atoms with E-state index in [4.69, 9.17) is 0 Å². The average molecular weight is 467 g/mol. The number of aryl methyl sites for hydroxylation is 1. The molecule has 3 fully saturated rings. The van der Waals surface area contributed by atoms with E-state index in [2.05, 4.69) is 0 Å². The molecule has 10 heteroatoms. The zero-order valence-electron chi connectivity index (χ0n) is 18.4. The van der Waals surface area contributed by atoms with Crippen molar-refractivity contribution < 1.29 is 32.7 Å². The van der Waals surface area contributed by atoms with Gasteiger partial charge in [0.1, 0.15) is 6.04 Å². The zero-order chi connectivity index (χ0) is 24.0. The van der Waals surface area contributed by atoms with E-state index in [0.717, 1.165) is 10.5 Å². The number of hydrogen-bond acceptors (Lipinski definition) is 3. The Labute approximate surface area is 190 Å². The number of nitrogens with zero attached hydrogens (tertiary/aromatic N) is 3. The number of carbonyl (C=O) groups excluding carboxylic acids is 2. The molecule has 0 radical (unpaired) electrons. The number of piperazine rings is 1. The molecule has 2 saturated heterocycles. The number of amides is 3. The highest BCUT2D eigenvalue weighted by atomic mass is 19.4. The predicted molar refractivity (Wildman–Crippen MR) is 112 cm³/mol. The van der Waals surface area contributed by atoms with E-state index in [1.165, 1.54) is 9.80 Å². The number of alkyl halides is 3. The summed E-state index contributed by atoms with van der Waals surface area (Å²) in [7, 11) is 0. The molecule has 2 aliphatic heterocycles. The molecule has 1 saturated carbocycles. The molecule has 1 aromatic rings. The Kier molecular flexibility index (Phi) is 6.05. The van der Waals surface area contributed by atoms with Crippen molar-refractivity contribution in [1.29, 1.82) is 0 Å². The minimum Gasteiger partial charge on any atom is -0.465 e. The van der Waals surface area contributed by atoms with Gasteiger partial charge in [-0.3, -0.25) is 14.5 Å². The molecule has 0 aromatic heterocycles. The highest BCUT2D eigenvalue weighted by molar-refractivity contribution is 5.88. The van der Waals surface area contributed by atoms with Crippen LogP contribution >= 0.6 is 0 Å². The largest absolute Gasteiger partial charge is 0.471 e. The van der Waals surface area contributed by atoms with E-state index in [9.17, 15) is 32.7 Å². The van der Waals surface area contributed by atoms with Crippen LogP contribution in [0.4, 0.5) is 18.0 Å². The molecule has 2 heterocycles. The average Bonchev–Trinajstić information content (AvgIpc) is 3.40. The first-order valence-corrected chi connectivity index (χ1v) is 11.3. The molecule has 33 heavy (non-hydrogen) atoms. The fourth-order valence-electron chi connectivity index (χ4n) is 5.30. The highest BCUT2D eigenvalue weighted by Crippen LogP contribution is 2.47. The van der Waals surface area contributed by atoms with Crippen LogP contribution in [0.3, 0.4) is 0 Å². The van der Waals surface area contributed by atoms with Gasteiger partial charge in [-0.1, -0.05) is 30.3 Å². The number of hydrogen-bond donors (Lipinski definition) is 1. The Morgan fingerprint density at radius 1 is 1.12 bits per heavy atom. The number of benzene rings is 1. The minimum absolute atomic E-state index is 0.00740. The molecule has 1 aromatic carbocycles. The van der Waals surface area contributed by atoms with Crippen LogP contribution in [0.25, 0.3) is 0 Å². The normalized spacial score (nSPS) is 26.5. The molecular weight excluding hydrogens is 439 g/mol. The second-order valence-electron chi connectivity index (χ2n) is 9.41. The van der Waals surface area contributed by atoms with Gasteiger partial charge in [0.25, 0.3) is 0 Å². The Balaban J connectivity index is 1.46. The molecule has 180 valence electrons. The van der Waals surface area contributed by atoms with Gasteiger partial charge in [-0.25, -0.2) is 4.79 Å². The zero-order valence-corrected chi connectivity index (χ0v) is 18.4. The standard InChI is InChI=1S/C23H28F3N3O4/c1-15-13-28(20(31)23(24,25)26)22(11-12-22)14-27(15)19(30)18-10-9-17(29(18)21(32)33)8-7-16-5-3-2-4-6-16/h2-6,15,17-18H,7-14H2,1H3,(H,32,33)/t15-,17+,18-/m0/s1. The van der Waals surface area contributed by atoms with Crippen LogP contribution in [-0.4, -0.2) is 80.6 Å². The van der Waals surface area contributed by atoms with Crippen LogP contribution in [0.1, 0.15) is 44.6 Å². The smallest absolute Gasteiger partial charge is 0.465 e. The number of rotatable bonds is 4. The van der Waals surface area contributed by atoms with Gasteiger partial charge in [0.05, 0.1) is 5.54 Å². The lowest BCUT2D eigenvalue weighted by molar-refractivity contribution is -0.193. The van der Waals surface area contributed by atoms with Gasteiger partial charge in [-0.15, -0.1) is 0 Å². The predicted octanol–water partition coefficient (Wildman–Crippen LogP) is 3.28. The summed E-state index contributed by atoms with van der Waals surface area (Å²) in [6, 6.07) is 7.91. The van der Waals surface area contributed by atoms with Crippen LogP contribution in [0.2, 0.25) is 0 Å². The summed E-state index contributed by atoms with van der Waals surface area (Å²) in [5, 5.41) is 9.86. The van der Waals surface area contributed by atoms with Crippen molar-refractivity contribution in [2.45, 2.75) is 75.3 Å². The lowest BCUT2D eigenvalue weighted by Crippen LogP contribution is -2.65. The molecular formula is C23H28F3N3O4. The second kappa shape index (κ2) is 8.53. The molecule has 1 aliphatic carbocycles. The van der Waals surface area contributed by atoms with E-state index in [1.54, 1.807) is 6.92 Å². The number of halogens is 3. The monoisotopic (exact) mass is 467 g/mol. The van der Waals surface area contributed by atoms with Crippen molar-refractivity contribution in [2.24, 2.45) is 0 Å². The summed E-state index contributed by atoms with van der Waals surface area (Å²) < 4.78 is 39.2. The number of carboxylic acid groups (broad SMARTS) is 1. The topological polar surface area (TPSA) is 81.2 Å². The SMILES string of the molecule is C[C@H]1CN(C(=O)C(F)(F)F)C2(CC2)CN1C(=O)[C@@H]1CC[C@@H](CCc2ccccc2)N1C(=O)O. The lowest BCUT2D eigenvalue weighted by Gasteiger charge is -2.47. The van der Waals surface area contributed by atoms with Gasteiger partial charge < -0.3 is 14.9 Å². The van der Waals surface area contributed by atoms with E-state index < -0.39 is 35.8 Å². The Morgan fingerprint density at radius 2 is 1.79 bits per heavy atom. The molecule has 1 N–H and O–H groups in total. The Hall–Kier alpha value is -2.78. The van der Waals surface area contributed by atoms with Gasteiger partial charge in [-0.05, 0) is 51.0 Å². The summed E-state index contributed by atoms with van der Waals surface area (Å²) in [5.74, 6) is -2.24. The molecule has 7 nitrogen and oxygen atoms in total. The van der Waals surface area contributed by atoms with Crippen LogP contribution in [-0.2, 0) is 16.0 Å². The van der Waals surface area contributed by atoms with E-state index in [1.807, 2.05) is 30.3 Å². The lowest BCUT2D eigenvalue weighted by atomic mass is 10.0. The molecule has 0 unspecified atom stereocenters. The molecule has 3 amide bonds. The molecule has 3 aliphatic rings. The van der Waals surface area contributed by atoms with Crippen molar-refractivity contribution in [3.8, 4) is 0 Å². The van der Waals surface area contributed by atoms with Crippen molar-refractivity contribution in [3.05, 3.63) is 35.9 Å². The van der Waals surface area contributed by atoms with Gasteiger partial charge in [-0.2, -0.15) is 13.2 Å². The summed E-state index contributed by atoms with van der Waals surface area (Å²) in [5.41, 5.74) is 0.0982. The summed E-state index contributed by atoms with van der Waals surface area (Å²) in [4.78, 5) is 41.0. The molecule has 0 bridgehead atoms. The molecule has 4 rings (SSSR count). The molecule has 3 atom stereocenters. The highest BCUT2D eigenvalue weighted by Gasteiger charge is 2.60. The van der Waals surface area contributed by atoms with Crippen LogP contribution < -0.4 is 0 Å². The van der Waals surface area contributed by atoms with Crippen molar-refractivity contribution in [1.82, 2.24) is 14.7 Å². The summed E-state index contributed by atoms with van der Waals surface area (Å²) >= 11 is 0. The van der Waals surface area contributed by atoms with E-state index >= 15 is 0 Å². The van der Waals surface area contributed by atoms with Gasteiger partial charge in [0, 0.05) is 25.2 Å². The van der Waals surface area contributed by atoms with Gasteiger partial charge in [0.2, 0.25) is 5.91 Å². The Morgan fingerprint density at radius 3 is 2.36 bits per heavy atom. The van der Waals surface area contributed by atoms with Crippen molar-refractivity contribution >= 4 is 17.9 Å². The fraction of sp³-hybridized carbons (Fsp3) is 0.609. The number of carbonyl (C=O) groups is 3. The first-order valence-electron chi connectivity index (χ1n) is 11.3. The third-order valence-electron chi connectivity index (χ3n) is 7.23. The quantitative estimate of drug-likeness (QED) is 0.737. The van der Waals surface area contributed by atoms with Crippen LogP contribution in [0.5, 0.6) is 0 Å². The van der Waals surface area contributed by atoms with Crippen LogP contribution in [0, 0.1) is 0 Å². The van der Waals surface area contributed by atoms with Crippen molar-refractivity contribution in [2.75, 3.05) is 13.1 Å². The maximum Gasteiger partial charge on any atom is 0.471 e. The molecule has 1 spiro atoms. The summed E-state index contributed by atoms with van der Waals surface area (Å²) in [6.45, 7) is 1.41. The Bertz CT molecular complexity index is 919. The number of likely N-dealkylation sites (tertiary alicyclic amines) is 1. The van der Waals surface area contributed by atoms with Crippen molar-refractivity contribution in [3.63, 3.8) is 0 Å². The van der Waals surface area contributed by atoms with E-state index in [-0.39, 0.29) is 25.0 Å². The maximum absolute atomic E-state index is 13.4. The maximum atomic E-state index is 13.4. The first-order chi connectivity index (χ1) is 15.5. The minimum atomic E-state index is -4.96. The third kappa shape index (κ3) is 4.52. The summed E-state index contributed by atoms with van der Waals surface area (Å²) in [6.07, 6.45) is -3.10. The third-order valence-corrected chi connectivity index (χ3v) is 7.23. The van der Waals surface area contributed by atoms with Gasteiger partial charge >= 0.3 is 18.2 Å². The van der Waals surface area contributed by atoms with E-state index in [0.29, 0.717) is 38.5 Å². The van der Waals surface area contributed by atoms with Gasteiger partial charge in [0.15, 0.2) is 0 Å². The fourth-order valence-corrected chi connectivity index (χ4v) is 5.30. The second-order valence-corrected chi connectivity index (χ2v) is 9.41.